The largest absolute Gasteiger partial charge is 0.462 e. The maximum absolute atomic E-state index is 12.6. The van der Waals surface area contributed by atoms with Crippen molar-refractivity contribution in [1.82, 2.24) is 14.9 Å². The number of carbonyl (C=O) groups is 2. The molecule has 3 aromatic rings. The summed E-state index contributed by atoms with van der Waals surface area (Å²) >= 11 is 1.38. The predicted octanol–water partition coefficient (Wildman–Crippen LogP) is 3.22. The second-order valence-electron chi connectivity index (χ2n) is 6.55. The van der Waals surface area contributed by atoms with Crippen LogP contribution in [0.15, 0.2) is 42.9 Å². The van der Waals surface area contributed by atoms with Crippen LogP contribution in [0.5, 0.6) is 0 Å². The predicted molar refractivity (Wildman–Crippen MR) is 113 cm³/mol. The molecule has 1 aromatic carbocycles. The molecule has 1 saturated heterocycles. The number of nitrogens with zero attached hydrogens (tertiary/aromatic N) is 4. The highest BCUT2D eigenvalue weighted by atomic mass is 32.1. The fourth-order valence-electron chi connectivity index (χ4n) is 3.22. The number of nitrogens with one attached hydrogen (secondary N) is 1. The molecule has 0 unspecified atom stereocenters. The van der Waals surface area contributed by atoms with Gasteiger partial charge in [-0.1, -0.05) is 0 Å². The van der Waals surface area contributed by atoms with E-state index in [2.05, 4.69) is 20.2 Å². The number of amides is 2. The van der Waals surface area contributed by atoms with Crippen LogP contribution < -0.4 is 10.2 Å². The van der Waals surface area contributed by atoms with Gasteiger partial charge in [-0.2, -0.15) is 0 Å². The molecule has 3 heterocycles. The van der Waals surface area contributed by atoms with Crippen LogP contribution in [0.1, 0.15) is 16.6 Å². The molecule has 1 aliphatic heterocycles. The highest BCUT2D eigenvalue weighted by Gasteiger charge is 2.22. The lowest BCUT2D eigenvalue weighted by molar-refractivity contribution is 0.0532. The van der Waals surface area contributed by atoms with Gasteiger partial charge in [-0.25, -0.2) is 14.6 Å². The van der Waals surface area contributed by atoms with Crippen LogP contribution in [-0.2, 0) is 4.74 Å². The van der Waals surface area contributed by atoms with Crippen LogP contribution in [0.4, 0.5) is 16.3 Å². The zero-order valence-electron chi connectivity index (χ0n) is 16.0. The number of thiophene rings is 1. The Morgan fingerprint density at radius 2 is 2.00 bits per heavy atom. The van der Waals surface area contributed by atoms with E-state index in [1.807, 2.05) is 18.2 Å². The molecule has 9 heteroatoms. The zero-order chi connectivity index (χ0) is 20.2. The summed E-state index contributed by atoms with van der Waals surface area (Å²) in [4.78, 5) is 37.4. The topological polar surface area (TPSA) is 87.7 Å². The number of benzene rings is 1. The highest BCUT2D eigenvalue weighted by Crippen LogP contribution is 2.29. The van der Waals surface area contributed by atoms with Crippen LogP contribution in [0.25, 0.3) is 10.1 Å². The summed E-state index contributed by atoms with van der Waals surface area (Å²) in [5.41, 5.74) is 0.701. The molecule has 150 valence electrons. The first kappa shape index (κ1) is 19.1. The van der Waals surface area contributed by atoms with Gasteiger partial charge in [0, 0.05) is 49.0 Å². The van der Waals surface area contributed by atoms with Crippen molar-refractivity contribution >= 4 is 44.9 Å². The van der Waals surface area contributed by atoms with E-state index in [1.54, 1.807) is 36.5 Å². The van der Waals surface area contributed by atoms with E-state index >= 15 is 0 Å². The Hall–Kier alpha value is -3.20. The number of rotatable bonds is 4. The molecule has 4 rings (SSSR count). The van der Waals surface area contributed by atoms with Gasteiger partial charge in [0.05, 0.1) is 12.8 Å². The summed E-state index contributed by atoms with van der Waals surface area (Å²) in [6, 6.07) is 7.30. The first-order valence-corrected chi connectivity index (χ1v) is 10.2. The molecule has 0 bridgehead atoms. The fourth-order valence-corrected chi connectivity index (χ4v) is 4.16. The Kier molecular flexibility index (Phi) is 5.57. The van der Waals surface area contributed by atoms with E-state index in [-0.39, 0.29) is 12.0 Å². The van der Waals surface area contributed by atoms with Crippen molar-refractivity contribution in [1.29, 1.82) is 0 Å². The molecular formula is C20H21N5O3S. The van der Waals surface area contributed by atoms with Crippen LogP contribution in [-0.4, -0.2) is 59.7 Å². The van der Waals surface area contributed by atoms with Gasteiger partial charge in [0.15, 0.2) is 0 Å². The average Bonchev–Trinajstić information content (AvgIpc) is 3.18. The Labute approximate surface area is 172 Å². The van der Waals surface area contributed by atoms with Crippen molar-refractivity contribution in [3.63, 3.8) is 0 Å². The second-order valence-corrected chi connectivity index (χ2v) is 7.64. The monoisotopic (exact) mass is 411 g/mol. The molecule has 1 fully saturated rings. The molecule has 0 radical (unpaired) electrons. The van der Waals surface area contributed by atoms with Gasteiger partial charge in [0.1, 0.15) is 10.7 Å². The van der Waals surface area contributed by atoms with Crippen LogP contribution >= 0.6 is 11.3 Å². The number of anilines is 2. The lowest BCUT2D eigenvalue weighted by Gasteiger charge is -2.35. The number of ether oxygens (including phenoxy) is 1. The SMILES string of the molecule is CCOC(=O)c1cc2cc(NC(=O)N3CCN(c4cnccn4)CC3)ccc2s1. The normalized spacial score (nSPS) is 14.1. The third kappa shape index (κ3) is 4.29. The number of esters is 1. The number of piperazine rings is 1. The van der Waals surface area contributed by atoms with E-state index in [1.165, 1.54) is 11.3 Å². The molecule has 0 atom stereocenters. The Morgan fingerprint density at radius 1 is 1.17 bits per heavy atom. The zero-order valence-corrected chi connectivity index (χ0v) is 16.8. The smallest absolute Gasteiger partial charge is 0.348 e. The molecule has 2 aromatic heterocycles. The summed E-state index contributed by atoms with van der Waals surface area (Å²) in [5.74, 6) is 0.508. The first-order chi connectivity index (χ1) is 14.1. The summed E-state index contributed by atoms with van der Waals surface area (Å²) < 4.78 is 6.03. The van der Waals surface area contributed by atoms with Gasteiger partial charge in [0.25, 0.3) is 0 Å². The minimum absolute atomic E-state index is 0.135. The lowest BCUT2D eigenvalue weighted by atomic mass is 10.2. The number of carbonyl (C=O) groups excluding carboxylic acids is 2. The Bertz CT molecular complexity index is 1020. The van der Waals surface area contributed by atoms with Gasteiger partial charge in [0.2, 0.25) is 0 Å². The van der Waals surface area contributed by atoms with E-state index in [0.29, 0.717) is 43.4 Å². The summed E-state index contributed by atoms with van der Waals surface area (Å²) in [6.07, 6.45) is 5.05. The maximum atomic E-state index is 12.6. The summed E-state index contributed by atoms with van der Waals surface area (Å²) in [5, 5.41) is 3.86. The molecule has 0 spiro atoms. The summed E-state index contributed by atoms with van der Waals surface area (Å²) in [6.45, 7) is 4.76. The number of fused-ring (bicyclic) bond motifs is 1. The van der Waals surface area contributed by atoms with Crippen LogP contribution in [0, 0.1) is 0 Å². The van der Waals surface area contributed by atoms with Crippen molar-refractivity contribution in [2.24, 2.45) is 0 Å². The molecule has 0 aliphatic carbocycles. The molecule has 2 amide bonds. The van der Waals surface area contributed by atoms with Crippen LogP contribution in [0.2, 0.25) is 0 Å². The van der Waals surface area contributed by atoms with E-state index in [0.717, 1.165) is 15.9 Å². The van der Waals surface area contributed by atoms with Crippen molar-refractivity contribution in [3.8, 4) is 0 Å². The van der Waals surface area contributed by atoms with Gasteiger partial charge < -0.3 is 19.9 Å². The standard InChI is InChI=1S/C20H21N5O3S/c1-2-28-19(26)17-12-14-11-15(3-4-16(14)29-17)23-20(27)25-9-7-24(8-10-25)18-13-21-5-6-22-18/h3-6,11-13H,2,7-10H2,1H3,(H,23,27). The molecular weight excluding hydrogens is 390 g/mol. The van der Waals surface area contributed by atoms with Gasteiger partial charge in [-0.3, -0.25) is 4.98 Å². The van der Waals surface area contributed by atoms with E-state index in [9.17, 15) is 9.59 Å². The number of hydrogen-bond donors (Lipinski definition) is 1. The minimum atomic E-state index is -0.319. The Balaban J connectivity index is 1.38. The lowest BCUT2D eigenvalue weighted by Crippen LogP contribution is -2.50. The molecule has 0 saturated carbocycles. The quantitative estimate of drug-likeness (QED) is 0.663. The molecule has 1 aliphatic rings. The van der Waals surface area contributed by atoms with Gasteiger partial charge in [-0.05, 0) is 36.6 Å². The van der Waals surface area contributed by atoms with Gasteiger partial charge in [-0.15, -0.1) is 11.3 Å². The second kappa shape index (κ2) is 8.44. The van der Waals surface area contributed by atoms with Crippen molar-refractivity contribution in [2.75, 3.05) is 43.0 Å². The highest BCUT2D eigenvalue weighted by molar-refractivity contribution is 7.20. The number of aromatic nitrogens is 2. The third-order valence-electron chi connectivity index (χ3n) is 4.68. The molecule has 8 nitrogen and oxygen atoms in total. The van der Waals surface area contributed by atoms with Crippen molar-refractivity contribution in [3.05, 3.63) is 47.7 Å². The molecule has 1 N–H and O–H groups in total. The maximum Gasteiger partial charge on any atom is 0.348 e. The van der Waals surface area contributed by atoms with E-state index < -0.39 is 0 Å². The number of hydrogen-bond acceptors (Lipinski definition) is 7. The van der Waals surface area contributed by atoms with E-state index in [4.69, 9.17) is 4.74 Å². The first-order valence-electron chi connectivity index (χ1n) is 9.41. The van der Waals surface area contributed by atoms with Crippen molar-refractivity contribution in [2.45, 2.75) is 6.92 Å². The molecule has 29 heavy (non-hydrogen) atoms. The summed E-state index contributed by atoms with van der Waals surface area (Å²) in [7, 11) is 0. The number of urea groups is 1. The van der Waals surface area contributed by atoms with Gasteiger partial charge >= 0.3 is 12.0 Å². The minimum Gasteiger partial charge on any atom is -0.462 e. The third-order valence-corrected chi connectivity index (χ3v) is 5.78. The van der Waals surface area contributed by atoms with Crippen LogP contribution in [0.3, 0.4) is 0 Å². The average molecular weight is 411 g/mol. The van der Waals surface area contributed by atoms with Crippen molar-refractivity contribution < 1.29 is 14.3 Å². The Morgan fingerprint density at radius 3 is 2.72 bits per heavy atom. The fraction of sp³-hybridized carbons (Fsp3) is 0.300.